The summed E-state index contributed by atoms with van der Waals surface area (Å²) in [5, 5.41) is 3.91. The number of amides is 2. The maximum absolute atomic E-state index is 13.5. The molecule has 1 aliphatic carbocycles. The summed E-state index contributed by atoms with van der Waals surface area (Å²) in [6, 6.07) is 19.3. The largest absolute Gasteiger partial charge is 0.326 e. The van der Waals surface area contributed by atoms with Crippen molar-refractivity contribution in [3.8, 4) is 0 Å². The van der Waals surface area contributed by atoms with Gasteiger partial charge >= 0.3 is 0 Å². The van der Waals surface area contributed by atoms with Crippen molar-refractivity contribution in [3.63, 3.8) is 0 Å². The van der Waals surface area contributed by atoms with Crippen molar-refractivity contribution < 1.29 is 9.59 Å². The number of anilines is 1. The Morgan fingerprint density at radius 1 is 0.895 bits per heavy atom. The minimum Gasteiger partial charge on any atom is -0.326 e. The number of rotatable bonds is 5. The SMILES string of the molecule is O=C(Nc1ccc(Cl)c(C(=O)N2C=CC=CC2=Cc2ccccc2)c1)C1C(c2cc(Cl)cc(Cl)c2)C1(Cl)Cl. The number of hydrogen-bond donors (Lipinski definition) is 1. The number of carbonyl (C=O) groups is 2. The van der Waals surface area contributed by atoms with Crippen molar-refractivity contribution in [2.45, 2.75) is 10.3 Å². The summed E-state index contributed by atoms with van der Waals surface area (Å²) in [5.41, 5.74) is 2.89. The molecule has 1 aliphatic heterocycles. The third kappa shape index (κ3) is 5.51. The fourth-order valence-electron chi connectivity index (χ4n) is 4.42. The van der Waals surface area contributed by atoms with Crippen LogP contribution in [0.1, 0.15) is 27.4 Å². The molecule has 2 aliphatic rings. The number of carbonyl (C=O) groups excluding carboxylic acids is 2. The molecule has 5 rings (SSSR count). The van der Waals surface area contributed by atoms with E-state index in [-0.39, 0.29) is 16.5 Å². The van der Waals surface area contributed by atoms with Crippen molar-refractivity contribution >= 4 is 81.6 Å². The van der Waals surface area contributed by atoms with E-state index in [1.165, 1.54) is 11.0 Å². The Hall–Kier alpha value is -2.73. The second kappa shape index (κ2) is 10.8. The van der Waals surface area contributed by atoms with Gasteiger partial charge in [0.25, 0.3) is 5.91 Å². The van der Waals surface area contributed by atoms with Crippen LogP contribution in [0.4, 0.5) is 5.69 Å². The number of alkyl halides is 2. The molecular formula is C29H19Cl5N2O2. The average Bonchev–Trinajstić information content (AvgIpc) is 3.47. The lowest BCUT2D eigenvalue weighted by Crippen LogP contribution is -2.26. The first-order valence-corrected chi connectivity index (χ1v) is 13.4. The van der Waals surface area contributed by atoms with Crippen LogP contribution in [-0.4, -0.2) is 21.0 Å². The van der Waals surface area contributed by atoms with Gasteiger partial charge in [0.05, 0.1) is 16.5 Å². The lowest BCUT2D eigenvalue weighted by molar-refractivity contribution is -0.117. The van der Waals surface area contributed by atoms with E-state index in [1.807, 2.05) is 48.6 Å². The van der Waals surface area contributed by atoms with Crippen LogP contribution in [0, 0.1) is 5.92 Å². The fraction of sp³-hybridized carbons (Fsp3) is 0.103. The van der Waals surface area contributed by atoms with Crippen LogP contribution < -0.4 is 5.32 Å². The van der Waals surface area contributed by atoms with Crippen molar-refractivity contribution in [3.05, 3.63) is 129 Å². The summed E-state index contributed by atoms with van der Waals surface area (Å²) < 4.78 is -1.33. The summed E-state index contributed by atoms with van der Waals surface area (Å²) >= 11 is 31.6. The molecule has 1 heterocycles. The molecule has 38 heavy (non-hydrogen) atoms. The molecule has 1 fully saturated rings. The van der Waals surface area contributed by atoms with Gasteiger partial charge in [0.15, 0.2) is 0 Å². The highest BCUT2D eigenvalue weighted by Gasteiger charge is 2.67. The lowest BCUT2D eigenvalue weighted by atomic mass is 10.1. The molecule has 4 nitrogen and oxygen atoms in total. The van der Waals surface area contributed by atoms with Crippen LogP contribution in [0.5, 0.6) is 0 Å². The maximum Gasteiger partial charge on any atom is 0.263 e. The molecule has 0 aromatic heterocycles. The summed E-state index contributed by atoms with van der Waals surface area (Å²) in [7, 11) is 0. The molecule has 0 saturated heterocycles. The number of benzene rings is 3. The van der Waals surface area contributed by atoms with Gasteiger partial charge < -0.3 is 5.32 Å². The van der Waals surface area contributed by atoms with Crippen molar-refractivity contribution in [2.75, 3.05) is 5.32 Å². The second-order valence-corrected chi connectivity index (χ2v) is 11.6. The summed E-state index contributed by atoms with van der Waals surface area (Å²) in [6.07, 6.45) is 9.00. The summed E-state index contributed by atoms with van der Waals surface area (Å²) in [5.74, 6) is -1.99. The predicted molar refractivity (Wildman–Crippen MR) is 156 cm³/mol. The first-order valence-electron chi connectivity index (χ1n) is 11.5. The van der Waals surface area contributed by atoms with E-state index in [9.17, 15) is 9.59 Å². The molecule has 2 atom stereocenters. The highest BCUT2D eigenvalue weighted by atomic mass is 35.5. The molecule has 0 spiro atoms. The lowest BCUT2D eigenvalue weighted by Gasteiger charge is -2.23. The van der Waals surface area contributed by atoms with Crippen LogP contribution >= 0.6 is 58.0 Å². The molecule has 192 valence electrons. The molecule has 1 N–H and O–H groups in total. The first kappa shape index (κ1) is 26.9. The van der Waals surface area contributed by atoms with Crippen molar-refractivity contribution in [1.82, 2.24) is 4.90 Å². The molecule has 1 saturated carbocycles. The predicted octanol–water partition coefficient (Wildman–Crippen LogP) is 8.74. The maximum atomic E-state index is 13.5. The zero-order valence-corrected chi connectivity index (χ0v) is 23.3. The number of halogens is 5. The van der Waals surface area contributed by atoms with E-state index in [1.54, 1.807) is 42.6 Å². The van der Waals surface area contributed by atoms with E-state index in [0.29, 0.717) is 27.0 Å². The van der Waals surface area contributed by atoms with E-state index in [4.69, 9.17) is 58.0 Å². The number of nitrogens with zero attached hydrogens (tertiary/aromatic N) is 1. The molecule has 9 heteroatoms. The molecule has 2 unspecified atom stereocenters. The van der Waals surface area contributed by atoms with E-state index in [0.717, 1.165) is 5.56 Å². The minimum absolute atomic E-state index is 0.223. The smallest absolute Gasteiger partial charge is 0.263 e. The quantitative estimate of drug-likeness (QED) is 0.296. The third-order valence-electron chi connectivity index (χ3n) is 6.27. The normalized spacial score (nSPS) is 20.4. The van der Waals surface area contributed by atoms with Gasteiger partial charge in [-0.15, -0.1) is 23.2 Å². The van der Waals surface area contributed by atoms with Crippen molar-refractivity contribution in [2.24, 2.45) is 5.92 Å². The fourth-order valence-corrected chi connectivity index (χ4v) is 5.99. The first-order chi connectivity index (χ1) is 18.1. The van der Waals surface area contributed by atoms with Gasteiger partial charge in [0.1, 0.15) is 4.33 Å². The standard InChI is InChI=1S/C29H19Cl5N2O2/c30-19-13-18(14-20(31)15-19)25-26(29(25,33)34)27(37)35-21-9-10-24(32)23(16-21)28(38)36-11-5-4-8-22(36)12-17-6-2-1-3-7-17/h1-16,25-26H,(H,35,37). The molecule has 3 aromatic rings. The van der Waals surface area contributed by atoms with Gasteiger partial charge in [-0.2, -0.15) is 0 Å². The molecule has 0 bridgehead atoms. The molecule has 0 radical (unpaired) electrons. The highest BCUT2D eigenvalue weighted by Crippen LogP contribution is 2.65. The summed E-state index contributed by atoms with van der Waals surface area (Å²) in [4.78, 5) is 28.2. The Kier molecular flexibility index (Phi) is 7.63. The Morgan fingerprint density at radius 3 is 2.32 bits per heavy atom. The van der Waals surface area contributed by atoms with E-state index >= 15 is 0 Å². The van der Waals surface area contributed by atoms with Crippen LogP contribution in [-0.2, 0) is 4.79 Å². The zero-order chi connectivity index (χ0) is 27.0. The van der Waals surface area contributed by atoms with E-state index < -0.39 is 22.1 Å². The Morgan fingerprint density at radius 2 is 1.61 bits per heavy atom. The molecule has 3 aromatic carbocycles. The second-order valence-electron chi connectivity index (χ2n) is 8.87. The molecule has 2 amide bonds. The highest BCUT2D eigenvalue weighted by molar-refractivity contribution is 6.53. The Labute approximate surface area is 245 Å². The monoisotopic (exact) mass is 602 g/mol. The van der Waals surface area contributed by atoms with Gasteiger partial charge in [-0.25, -0.2) is 0 Å². The number of hydrogen-bond acceptors (Lipinski definition) is 2. The minimum atomic E-state index is -1.33. The van der Waals surface area contributed by atoms with Crippen LogP contribution in [0.15, 0.2) is 96.9 Å². The average molecular weight is 605 g/mol. The van der Waals surface area contributed by atoms with Crippen LogP contribution in [0.25, 0.3) is 6.08 Å². The summed E-state index contributed by atoms with van der Waals surface area (Å²) in [6.45, 7) is 0. The van der Waals surface area contributed by atoms with Crippen molar-refractivity contribution in [1.29, 1.82) is 0 Å². The van der Waals surface area contributed by atoms with Gasteiger partial charge in [-0.05, 0) is 65.8 Å². The van der Waals surface area contributed by atoms with Gasteiger partial charge in [0.2, 0.25) is 5.91 Å². The van der Waals surface area contributed by atoms with Gasteiger partial charge in [-0.3, -0.25) is 14.5 Å². The van der Waals surface area contributed by atoms with Gasteiger partial charge in [-0.1, -0.05) is 71.2 Å². The topological polar surface area (TPSA) is 49.4 Å². The number of allylic oxidation sites excluding steroid dienone is 3. The molecular weight excluding hydrogens is 586 g/mol. The van der Waals surface area contributed by atoms with Crippen LogP contribution in [0.2, 0.25) is 15.1 Å². The van der Waals surface area contributed by atoms with Crippen LogP contribution in [0.3, 0.4) is 0 Å². The Balaban J connectivity index is 1.37. The number of nitrogens with one attached hydrogen (secondary N) is 1. The third-order valence-corrected chi connectivity index (χ3v) is 7.98. The van der Waals surface area contributed by atoms with Gasteiger partial charge in [0, 0.05) is 33.5 Å². The van der Waals surface area contributed by atoms with E-state index in [2.05, 4.69) is 5.32 Å². The Bertz CT molecular complexity index is 1490. The zero-order valence-electron chi connectivity index (χ0n) is 19.5.